The molecule has 0 unspecified atom stereocenters. The molecule has 122 valence electrons. The molecule has 0 spiro atoms. The number of anilines is 1. The predicted molar refractivity (Wildman–Crippen MR) is 90.1 cm³/mol. The normalized spacial score (nSPS) is 10.3. The number of rotatable bonds is 6. The van der Waals surface area contributed by atoms with Crippen molar-refractivity contribution < 1.29 is 9.72 Å². The van der Waals surface area contributed by atoms with Gasteiger partial charge in [-0.05, 0) is 18.9 Å². The largest absolute Gasteiger partial charge is 0.337 e. The highest BCUT2D eigenvalue weighted by Crippen LogP contribution is 2.21. The van der Waals surface area contributed by atoms with Crippen LogP contribution in [0, 0.1) is 17.0 Å². The third kappa shape index (κ3) is 4.75. The van der Waals surface area contributed by atoms with Gasteiger partial charge in [0.1, 0.15) is 0 Å². The maximum Gasteiger partial charge on any atom is 0.319 e. The van der Waals surface area contributed by atoms with Crippen LogP contribution in [0.2, 0.25) is 0 Å². The molecule has 2 rings (SSSR count). The van der Waals surface area contributed by atoms with Crippen LogP contribution in [0.4, 0.5) is 16.2 Å². The van der Waals surface area contributed by atoms with Crippen LogP contribution in [0.3, 0.4) is 0 Å². The Morgan fingerprint density at radius 3 is 2.87 bits per heavy atom. The Labute approximate surface area is 137 Å². The van der Waals surface area contributed by atoms with E-state index >= 15 is 0 Å². The first kappa shape index (κ1) is 16.9. The lowest BCUT2D eigenvalue weighted by atomic mass is 10.2. The van der Waals surface area contributed by atoms with Gasteiger partial charge in [0.2, 0.25) is 0 Å². The number of aromatic nitrogens is 1. The Morgan fingerprint density at radius 1 is 1.43 bits per heavy atom. The number of carbonyl (C=O) groups excluding carboxylic acids is 1. The van der Waals surface area contributed by atoms with Gasteiger partial charge in [0, 0.05) is 30.5 Å². The number of thiazole rings is 1. The average molecular weight is 334 g/mol. The number of nitro benzene ring substituents is 1. The monoisotopic (exact) mass is 334 g/mol. The smallest absolute Gasteiger partial charge is 0.319 e. The maximum atomic E-state index is 11.9. The SMILES string of the molecule is CCc1nc(CCNC(=O)Nc2cc([N+](=O)[O-])ccc2C)cs1. The van der Waals surface area contributed by atoms with Gasteiger partial charge >= 0.3 is 6.03 Å². The molecule has 1 aromatic carbocycles. The summed E-state index contributed by atoms with van der Waals surface area (Å²) in [6.07, 6.45) is 1.56. The van der Waals surface area contributed by atoms with Crippen LogP contribution in [0.1, 0.15) is 23.2 Å². The molecule has 0 aliphatic carbocycles. The van der Waals surface area contributed by atoms with E-state index in [0.717, 1.165) is 22.7 Å². The second kappa shape index (κ2) is 7.68. The summed E-state index contributed by atoms with van der Waals surface area (Å²) in [5.41, 5.74) is 2.09. The van der Waals surface area contributed by atoms with Crippen molar-refractivity contribution in [3.05, 3.63) is 50.0 Å². The summed E-state index contributed by atoms with van der Waals surface area (Å²) in [6.45, 7) is 4.28. The molecule has 0 atom stereocenters. The predicted octanol–water partition coefficient (Wildman–Crippen LogP) is 3.29. The van der Waals surface area contributed by atoms with E-state index in [9.17, 15) is 14.9 Å². The number of aryl methyl sites for hydroxylation is 2. The highest BCUT2D eigenvalue weighted by molar-refractivity contribution is 7.09. The molecule has 0 aliphatic rings. The lowest BCUT2D eigenvalue weighted by Crippen LogP contribution is -2.30. The molecule has 0 aliphatic heterocycles. The van der Waals surface area contributed by atoms with Crippen LogP contribution in [0.25, 0.3) is 0 Å². The molecule has 0 bridgehead atoms. The van der Waals surface area contributed by atoms with Gasteiger partial charge in [-0.2, -0.15) is 0 Å². The summed E-state index contributed by atoms with van der Waals surface area (Å²) in [5, 5.41) is 19.2. The number of non-ortho nitro benzene ring substituents is 1. The summed E-state index contributed by atoms with van der Waals surface area (Å²) in [5.74, 6) is 0. The molecule has 8 heteroatoms. The van der Waals surface area contributed by atoms with E-state index in [-0.39, 0.29) is 11.7 Å². The summed E-state index contributed by atoms with van der Waals surface area (Å²) in [7, 11) is 0. The summed E-state index contributed by atoms with van der Waals surface area (Å²) in [4.78, 5) is 26.6. The fraction of sp³-hybridized carbons (Fsp3) is 0.333. The number of nitro groups is 1. The first-order valence-corrected chi connectivity index (χ1v) is 8.10. The van der Waals surface area contributed by atoms with E-state index in [4.69, 9.17) is 0 Å². The second-order valence-electron chi connectivity index (χ2n) is 4.97. The number of urea groups is 1. The minimum atomic E-state index is -0.490. The Hall–Kier alpha value is -2.48. The number of carbonyl (C=O) groups is 1. The number of benzene rings is 1. The van der Waals surface area contributed by atoms with Crippen LogP contribution < -0.4 is 10.6 Å². The van der Waals surface area contributed by atoms with Crippen molar-refractivity contribution in [2.24, 2.45) is 0 Å². The first-order valence-electron chi connectivity index (χ1n) is 7.22. The lowest BCUT2D eigenvalue weighted by Gasteiger charge is -2.09. The van der Waals surface area contributed by atoms with E-state index in [1.54, 1.807) is 24.3 Å². The molecule has 2 N–H and O–H groups in total. The second-order valence-corrected chi connectivity index (χ2v) is 5.92. The van der Waals surface area contributed by atoms with Crippen LogP contribution in [-0.2, 0) is 12.8 Å². The van der Waals surface area contributed by atoms with E-state index in [1.165, 1.54) is 12.1 Å². The molecular formula is C15H18N4O3S. The average Bonchev–Trinajstić information content (AvgIpc) is 2.97. The van der Waals surface area contributed by atoms with Gasteiger partial charge < -0.3 is 10.6 Å². The minimum Gasteiger partial charge on any atom is -0.337 e. The highest BCUT2D eigenvalue weighted by atomic mass is 32.1. The van der Waals surface area contributed by atoms with Crippen LogP contribution in [0.15, 0.2) is 23.6 Å². The van der Waals surface area contributed by atoms with Crippen molar-refractivity contribution in [3.63, 3.8) is 0 Å². The lowest BCUT2D eigenvalue weighted by molar-refractivity contribution is -0.384. The minimum absolute atomic E-state index is 0.0551. The fourth-order valence-corrected chi connectivity index (χ4v) is 2.73. The zero-order valence-corrected chi connectivity index (χ0v) is 13.8. The molecule has 0 fully saturated rings. The third-order valence-electron chi connectivity index (χ3n) is 3.25. The van der Waals surface area contributed by atoms with Gasteiger partial charge in [-0.1, -0.05) is 13.0 Å². The van der Waals surface area contributed by atoms with E-state index < -0.39 is 4.92 Å². The van der Waals surface area contributed by atoms with Gasteiger partial charge in [0.25, 0.3) is 5.69 Å². The topological polar surface area (TPSA) is 97.2 Å². The number of hydrogen-bond acceptors (Lipinski definition) is 5. The number of amides is 2. The van der Waals surface area contributed by atoms with E-state index in [1.807, 2.05) is 5.38 Å². The van der Waals surface area contributed by atoms with E-state index in [0.29, 0.717) is 18.7 Å². The molecule has 7 nitrogen and oxygen atoms in total. The summed E-state index contributed by atoms with van der Waals surface area (Å²) in [6, 6.07) is 3.98. The van der Waals surface area contributed by atoms with Crippen molar-refractivity contribution >= 4 is 28.7 Å². The Kier molecular flexibility index (Phi) is 5.64. The van der Waals surface area contributed by atoms with Crippen LogP contribution in [0.5, 0.6) is 0 Å². The third-order valence-corrected chi connectivity index (χ3v) is 4.29. The Morgan fingerprint density at radius 2 is 2.22 bits per heavy atom. The number of nitrogens with one attached hydrogen (secondary N) is 2. The van der Waals surface area contributed by atoms with Crippen molar-refractivity contribution in [2.45, 2.75) is 26.7 Å². The molecule has 23 heavy (non-hydrogen) atoms. The molecule has 0 radical (unpaired) electrons. The van der Waals surface area contributed by atoms with Gasteiger partial charge in [0.15, 0.2) is 0 Å². The van der Waals surface area contributed by atoms with Crippen LogP contribution in [-0.4, -0.2) is 22.5 Å². The van der Waals surface area contributed by atoms with Gasteiger partial charge in [-0.15, -0.1) is 11.3 Å². The zero-order valence-electron chi connectivity index (χ0n) is 13.0. The Bertz CT molecular complexity index is 714. The number of nitrogens with zero attached hydrogens (tertiary/aromatic N) is 2. The molecular weight excluding hydrogens is 316 g/mol. The quantitative estimate of drug-likeness (QED) is 0.625. The molecule has 0 saturated heterocycles. The molecule has 1 aromatic heterocycles. The molecule has 2 aromatic rings. The highest BCUT2D eigenvalue weighted by Gasteiger charge is 2.11. The first-order chi connectivity index (χ1) is 11.0. The van der Waals surface area contributed by atoms with Gasteiger partial charge in [-0.3, -0.25) is 10.1 Å². The Balaban J connectivity index is 1.87. The van der Waals surface area contributed by atoms with Gasteiger partial charge in [0.05, 0.1) is 21.3 Å². The van der Waals surface area contributed by atoms with Crippen molar-refractivity contribution in [1.29, 1.82) is 0 Å². The maximum absolute atomic E-state index is 11.9. The molecule has 1 heterocycles. The fourth-order valence-electron chi connectivity index (χ4n) is 1.95. The van der Waals surface area contributed by atoms with Crippen molar-refractivity contribution in [3.8, 4) is 0 Å². The van der Waals surface area contributed by atoms with Crippen molar-refractivity contribution in [1.82, 2.24) is 10.3 Å². The van der Waals surface area contributed by atoms with Gasteiger partial charge in [-0.25, -0.2) is 9.78 Å². The summed E-state index contributed by atoms with van der Waals surface area (Å²) >= 11 is 1.61. The van der Waals surface area contributed by atoms with Crippen LogP contribution >= 0.6 is 11.3 Å². The standard InChI is InChI=1S/C15H18N4O3S/c1-3-14-17-11(9-23-14)6-7-16-15(20)18-13-8-12(19(21)22)5-4-10(13)2/h4-5,8-9H,3,6-7H2,1-2H3,(H2,16,18,20). The molecule has 0 saturated carbocycles. The molecule has 2 amide bonds. The summed E-state index contributed by atoms with van der Waals surface area (Å²) < 4.78 is 0. The van der Waals surface area contributed by atoms with Crippen molar-refractivity contribution in [2.75, 3.05) is 11.9 Å². The zero-order chi connectivity index (χ0) is 16.8. The number of hydrogen-bond donors (Lipinski definition) is 2. The van der Waals surface area contributed by atoms with E-state index in [2.05, 4.69) is 22.5 Å².